The molecular formula is C12H17ClN2OS. The number of likely N-dealkylation sites (tertiary alicyclic amines) is 1. The number of rotatable bonds is 4. The predicted molar refractivity (Wildman–Crippen MR) is 72.8 cm³/mol. The van der Waals surface area contributed by atoms with E-state index >= 15 is 0 Å². The molecule has 0 aliphatic carbocycles. The first-order valence-corrected chi connectivity index (χ1v) is 7.52. The number of halogens is 1. The average Bonchev–Trinajstić information content (AvgIpc) is 2.82. The summed E-state index contributed by atoms with van der Waals surface area (Å²) in [5.41, 5.74) is 6.29. The number of hydrogen-bond donors (Lipinski definition) is 1. The number of benzene rings is 1. The van der Waals surface area contributed by atoms with Gasteiger partial charge < -0.3 is 10.6 Å². The lowest BCUT2D eigenvalue weighted by atomic mass is 10.3. The van der Waals surface area contributed by atoms with Gasteiger partial charge in [-0.25, -0.2) is 0 Å². The maximum absolute atomic E-state index is 12.1. The third-order valence-corrected chi connectivity index (χ3v) is 4.82. The summed E-state index contributed by atoms with van der Waals surface area (Å²) >= 11 is 6.02. The number of anilines is 1. The van der Waals surface area contributed by atoms with Crippen LogP contribution in [0.5, 0.6) is 0 Å². The molecule has 0 aromatic heterocycles. The van der Waals surface area contributed by atoms with E-state index in [1.807, 2.05) is 0 Å². The molecule has 1 aromatic carbocycles. The van der Waals surface area contributed by atoms with Gasteiger partial charge in [0.25, 0.3) is 0 Å². The van der Waals surface area contributed by atoms with Gasteiger partial charge in [-0.05, 0) is 44.1 Å². The van der Waals surface area contributed by atoms with Crippen molar-refractivity contribution in [3.05, 3.63) is 23.2 Å². The normalized spacial score (nSPS) is 18.4. The van der Waals surface area contributed by atoms with E-state index < -0.39 is 10.8 Å². The van der Waals surface area contributed by atoms with Gasteiger partial charge in [-0.15, -0.1) is 0 Å². The van der Waals surface area contributed by atoms with Crippen LogP contribution in [-0.4, -0.2) is 34.5 Å². The van der Waals surface area contributed by atoms with Crippen LogP contribution in [0.15, 0.2) is 23.1 Å². The van der Waals surface area contributed by atoms with Gasteiger partial charge in [-0.2, -0.15) is 0 Å². The van der Waals surface area contributed by atoms with Gasteiger partial charge in [0.15, 0.2) is 0 Å². The molecule has 0 bridgehead atoms. The van der Waals surface area contributed by atoms with E-state index in [4.69, 9.17) is 17.3 Å². The van der Waals surface area contributed by atoms with E-state index in [0.29, 0.717) is 21.4 Å². The monoisotopic (exact) mass is 272 g/mol. The summed E-state index contributed by atoms with van der Waals surface area (Å²) < 4.78 is 12.1. The summed E-state index contributed by atoms with van der Waals surface area (Å²) in [5.74, 6) is 0.628. The molecule has 1 heterocycles. The fraction of sp³-hybridized carbons (Fsp3) is 0.500. The molecule has 1 saturated heterocycles. The van der Waals surface area contributed by atoms with E-state index in [0.717, 1.165) is 19.6 Å². The fourth-order valence-electron chi connectivity index (χ4n) is 2.02. The first-order chi connectivity index (χ1) is 8.16. The molecule has 1 atom stereocenters. The van der Waals surface area contributed by atoms with Gasteiger partial charge >= 0.3 is 0 Å². The molecule has 1 fully saturated rings. The molecule has 1 aromatic rings. The molecule has 0 saturated carbocycles. The second kappa shape index (κ2) is 5.85. The average molecular weight is 273 g/mol. The van der Waals surface area contributed by atoms with Crippen molar-refractivity contribution in [2.24, 2.45) is 0 Å². The van der Waals surface area contributed by atoms with E-state index in [1.54, 1.807) is 18.2 Å². The Balaban J connectivity index is 1.96. The summed E-state index contributed by atoms with van der Waals surface area (Å²) in [6.07, 6.45) is 2.51. The lowest BCUT2D eigenvalue weighted by Gasteiger charge is -2.14. The largest absolute Gasteiger partial charge is 0.399 e. The maximum atomic E-state index is 12.1. The van der Waals surface area contributed by atoms with Gasteiger partial charge in [0.05, 0.1) is 20.7 Å². The SMILES string of the molecule is Nc1ccc(Cl)c(S(=O)CCN2CCCC2)c1. The Morgan fingerprint density at radius 2 is 2.06 bits per heavy atom. The highest BCUT2D eigenvalue weighted by molar-refractivity contribution is 7.85. The third-order valence-electron chi connectivity index (χ3n) is 2.99. The molecule has 1 aliphatic rings. The minimum atomic E-state index is -1.05. The Bertz CT molecular complexity index is 419. The van der Waals surface area contributed by atoms with Crippen LogP contribution < -0.4 is 5.73 Å². The van der Waals surface area contributed by atoms with Crippen molar-refractivity contribution in [3.8, 4) is 0 Å². The van der Waals surface area contributed by atoms with Crippen molar-refractivity contribution >= 4 is 28.1 Å². The van der Waals surface area contributed by atoms with E-state index in [-0.39, 0.29) is 0 Å². The molecule has 2 rings (SSSR count). The summed E-state index contributed by atoms with van der Waals surface area (Å²) in [4.78, 5) is 3.00. The molecule has 94 valence electrons. The number of nitrogens with two attached hydrogens (primary N) is 1. The Labute approximate surface area is 109 Å². The molecule has 1 aliphatic heterocycles. The summed E-state index contributed by atoms with van der Waals surface area (Å²) in [7, 11) is -1.05. The Kier molecular flexibility index (Phi) is 4.42. The molecule has 2 N–H and O–H groups in total. The van der Waals surface area contributed by atoms with E-state index in [1.165, 1.54) is 12.8 Å². The number of hydrogen-bond acceptors (Lipinski definition) is 3. The fourth-order valence-corrected chi connectivity index (χ4v) is 3.60. The van der Waals surface area contributed by atoms with Crippen molar-refractivity contribution in [2.75, 3.05) is 31.1 Å². The quantitative estimate of drug-likeness (QED) is 0.854. The third kappa shape index (κ3) is 3.44. The molecule has 0 amide bonds. The minimum absolute atomic E-state index is 0.541. The van der Waals surface area contributed by atoms with Gasteiger partial charge in [0.2, 0.25) is 0 Å². The molecule has 1 unspecified atom stereocenters. The first-order valence-electron chi connectivity index (χ1n) is 5.82. The van der Waals surface area contributed by atoms with Gasteiger partial charge in [-0.1, -0.05) is 11.6 Å². The molecule has 5 heteroatoms. The van der Waals surface area contributed by atoms with Gasteiger partial charge in [0.1, 0.15) is 0 Å². The summed E-state index contributed by atoms with van der Waals surface area (Å²) in [6.45, 7) is 3.13. The highest BCUT2D eigenvalue weighted by Gasteiger charge is 2.14. The molecule has 17 heavy (non-hydrogen) atoms. The minimum Gasteiger partial charge on any atom is -0.399 e. The number of nitrogens with zero attached hydrogens (tertiary/aromatic N) is 1. The Morgan fingerprint density at radius 1 is 1.35 bits per heavy atom. The topological polar surface area (TPSA) is 46.3 Å². The van der Waals surface area contributed by atoms with Crippen molar-refractivity contribution in [2.45, 2.75) is 17.7 Å². The van der Waals surface area contributed by atoms with Gasteiger partial charge in [0, 0.05) is 18.0 Å². The zero-order valence-corrected chi connectivity index (χ0v) is 11.3. The van der Waals surface area contributed by atoms with Crippen LogP contribution in [0.2, 0.25) is 5.02 Å². The van der Waals surface area contributed by atoms with Crippen LogP contribution in [-0.2, 0) is 10.8 Å². The zero-order chi connectivity index (χ0) is 12.3. The van der Waals surface area contributed by atoms with Gasteiger partial charge in [-0.3, -0.25) is 4.21 Å². The molecule has 0 spiro atoms. The van der Waals surface area contributed by atoms with Crippen LogP contribution >= 0.6 is 11.6 Å². The lowest BCUT2D eigenvalue weighted by Crippen LogP contribution is -2.24. The van der Waals surface area contributed by atoms with Crippen molar-refractivity contribution in [1.82, 2.24) is 4.90 Å². The molecule has 3 nitrogen and oxygen atoms in total. The first kappa shape index (κ1) is 12.9. The zero-order valence-electron chi connectivity index (χ0n) is 9.69. The van der Waals surface area contributed by atoms with Crippen LogP contribution in [0.25, 0.3) is 0 Å². The second-order valence-corrected chi connectivity index (χ2v) is 6.23. The van der Waals surface area contributed by atoms with Crippen LogP contribution in [0.4, 0.5) is 5.69 Å². The van der Waals surface area contributed by atoms with Crippen LogP contribution in [0, 0.1) is 0 Å². The van der Waals surface area contributed by atoms with Crippen molar-refractivity contribution in [3.63, 3.8) is 0 Å². The van der Waals surface area contributed by atoms with Crippen molar-refractivity contribution < 1.29 is 4.21 Å². The lowest BCUT2D eigenvalue weighted by molar-refractivity contribution is 0.361. The standard InChI is InChI=1S/C12H17ClN2OS/c13-11-4-3-10(14)9-12(11)17(16)8-7-15-5-1-2-6-15/h3-4,9H,1-2,5-8,14H2. The summed E-state index contributed by atoms with van der Waals surface area (Å²) in [5, 5.41) is 0.541. The summed E-state index contributed by atoms with van der Waals surface area (Å²) in [6, 6.07) is 5.14. The smallest absolute Gasteiger partial charge is 0.0595 e. The highest BCUT2D eigenvalue weighted by atomic mass is 35.5. The Morgan fingerprint density at radius 3 is 2.76 bits per heavy atom. The van der Waals surface area contributed by atoms with E-state index in [9.17, 15) is 4.21 Å². The van der Waals surface area contributed by atoms with Crippen LogP contribution in [0.1, 0.15) is 12.8 Å². The highest BCUT2D eigenvalue weighted by Crippen LogP contribution is 2.22. The molecule has 0 radical (unpaired) electrons. The van der Waals surface area contributed by atoms with Crippen LogP contribution in [0.3, 0.4) is 0 Å². The molecular weight excluding hydrogens is 256 g/mol. The second-order valence-electron chi connectivity index (χ2n) is 4.29. The van der Waals surface area contributed by atoms with E-state index in [2.05, 4.69) is 4.90 Å². The van der Waals surface area contributed by atoms with Crippen molar-refractivity contribution in [1.29, 1.82) is 0 Å². The number of nitrogen functional groups attached to an aromatic ring is 1. The predicted octanol–water partition coefficient (Wildman–Crippen LogP) is 2.13. The Hall–Kier alpha value is -0.580. The maximum Gasteiger partial charge on any atom is 0.0595 e.